The van der Waals surface area contributed by atoms with Crippen LogP contribution in [0.2, 0.25) is 0 Å². The van der Waals surface area contributed by atoms with Crippen molar-refractivity contribution in [3.05, 3.63) is 144 Å². The molecule has 0 spiro atoms. The van der Waals surface area contributed by atoms with E-state index in [2.05, 4.69) is 84.7 Å². The van der Waals surface area contributed by atoms with Crippen LogP contribution in [0, 0.1) is 19.0 Å². The second kappa shape index (κ2) is 14.1. The quantitative estimate of drug-likeness (QED) is 0.163. The zero-order valence-corrected chi connectivity index (χ0v) is 29.5. The van der Waals surface area contributed by atoms with Crippen molar-refractivity contribution in [3.8, 4) is 28.3 Å². The Balaban J connectivity index is 0.000000222. The molecule has 4 aromatic carbocycles. The van der Waals surface area contributed by atoms with Crippen molar-refractivity contribution in [2.45, 2.75) is 46.4 Å². The molecular weight excluding hydrogens is 769 g/mol. The van der Waals surface area contributed by atoms with Crippen LogP contribution in [0.5, 0.6) is 0 Å². The zero-order valence-electron chi connectivity index (χ0n) is 30.2. The Bertz CT molecular complexity index is 2410. The maximum atomic E-state index is 7.23. The van der Waals surface area contributed by atoms with Crippen molar-refractivity contribution in [3.63, 3.8) is 0 Å². The minimum absolute atomic E-state index is 0. The van der Waals surface area contributed by atoms with Gasteiger partial charge in [-0.05, 0) is 53.2 Å². The fourth-order valence-electron chi connectivity index (χ4n) is 6.06. The van der Waals surface area contributed by atoms with Gasteiger partial charge in [0.2, 0.25) is 0 Å². The van der Waals surface area contributed by atoms with Crippen molar-refractivity contribution in [1.29, 1.82) is 0 Å². The monoisotopic (exact) mass is 808 g/mol. The number of para-hydroxylation sites is 2. The summed E-state index contributed by atoms with van der Waals surface area (Å²) in [6, 6.07) is 38.1. The number of aryl methyl sites for hydroxylation is 1. The number of rotatable bonds is 5. The van der Waals surface area contributed by atoms with Crippen LogP contribution in [-0.2, 0) is 20.1 Å². The van der Waals surface area contributed by atoms with Gasteiger partial charge in [0.25, 0.3) is 0 Å². The SMILES string of the molecule is CC(C)c1cccc(C(C)C)c1-n1c(-c2[c-]ccc3c2oc2ccccc23)nc2cnccc21.[2H]C([2H])([2H])c1ccc(-c2[c-]cccc2)nc1.[Ir]. The summed E-state index contributed by atoms with van der Waals surface area (Å²) in [5, 5.41) is 2.17. The van der Waals surface area contributed by atoms with E-state index in [9.17, 15) is 0 Å². The number of aromatic nitrogens is 4. The molecule has 241 valence electrons. The first-order chi connectivity index (χ1) is 24.1. The number of furan rings is 1. The average Bonchev–Trinajstić information content (AvgIpc) is 3.70. The van der Waals surface area contributed by atoms with Gasteiger partial charge in [0.05, 0.1) is 28.6 Å². The number of fused-ring (bicyclic) bond motifs is 4. The number of hydrogen-bond donors (Lipinski definition) is 0. The third kappa shape index (κ3) is 6.22. The van der Waals surface area contributed by atoms with Crippen LogP contribution >= 0.6 is 0 Å². The molecule has 8 rings (SSSR count). The summed E-state index contributed by atoms with van der Waals surface area (Å²) in [7, 11) is 0. The van der Waals surface area contributed by atoms with Crippen LogP contribution in [0.1, 0.15) is 60.3 Å². The predicted octanol–water partition coefficient (Wildman–Crippen LogP) is 10.9. The smallest absolute Gasteiger partial charge is 0.120 e. The Labute approximate surface area is 299 Å². The van der Waals surface area contributed by atoms with Crippen LogP contribution in [0.25, 0.3) is 61.3 Å². The molecule has 0 fully saturated rings. The van der Waals surface area contributed by atoms with Crippen molar-refractivity contribution in [1.82, 2.24) is 19.5 Å². The summed E-state index contributed by atoms with van der Waals surface area (Å²) < 4.78 is 30.4. The van der Waals surface area contributed by atoms with E-state index in [1.54, 1.807) is 18.2 Å². The number of pyridine rings is 2. The van der Waals surface area contributed by atoms with Gasteiger partial charge in [-0.25, -0.2) is 0 Å². The molecule has 0 saturated heterocycles. The van der Waals surface area contributed by atoms with Gasteiger partial charge in [0.15, 0.2) is 0 Å². The van der Waals surface area contributed by atoms with E-state index in [4.69, 9.17) is 13.5 Å². The molecule has 48 heavy (non-hydrogen) atoms. The molecule has 4 heterocycles. The Morgan fingerprint density at radius 2 is 1.56 bits per heavy atom. The van der Waals surface area contributed by atoms with Crippen LogP contribution in [0.3, 0.4) is 0 Å². The molecule has 1 radical (unpaired) electrons. The largest absolute Gasteiger partial charge is 0.501 e. The van der Waals surface area contributed by atoms with Gasteiger partial charge in [-0.3, -0.25) is 9.97 Å². The molecule has 0 aliphatic carbocycles. The maximum absolute atomic E-state index is 7.23. The minimum Gasteiger partial charge on any atom is -0.501 e. The Morgan fingerprint density at radius 1 is 0.771 bits per heavy atom. The summed E-state index contributed by atoms with van der Waals surface area (Å²) in [6.45, 7) is 6.89. The van der Waals surface area contributed by atoms with E-state index in [1.165, 1.54) is 23.0 Å². The number of hydrogen-bond acceptors (Lipinski definition) is 4. The van der Waals surface area contributed by atoms with Gasteiger partial charge < -0.3 is 14.0 Å². The van der Waals surface area contributed by atoms with Crippen LogP contribution < -0.4 is 0 Å². The van der Waals surface area contributed by atoms with Crippen molar-refractivity contribution < 1.29 is 28.6 Å². The second-order valence-electron chi connectivity index (χ2n) is 12.1. The van der Waals surface area contributed by atoms with Gasteiger partial charge in [0.1, 0.15) is 5.58 Å². The molecule has 0 unspecified atom stereocenters. The van der Waals surface area contributed by atoms with Gasteiger partial charge >= 0.3 is 0 Å². The average molecular weight is 808 g/mol. The second-order valence-corrected chi connectivity index (χ2v) is 12.1. The summed E-state index contributed by atoms with van der Waals surface area (Å²) in [5.74, 6) is 1.53. The molecule has 0 atom stereocenters. The van der Waals surface area contributed by atoms with Crippen molar-refractivity contribution in [2.75, 3.05) is 0 Å². The normalized spacial score (nSPS) is 12.4. The van der Waals surface area contributed by atoms with E-state index in [0.717, 1.165) is 55.6 Å². The summed E-state index contributed by atoms with van der Waals surface area (Å²) >= 11 is 0. The topological polar surface area (TPSA) is 56.7 Å². The van der Waals surface area contributed by atoms with Gasteiger partial charge in [0, 0.05) is 47.7 Å². The maximum Gasteiger partial charge on any atom is 0.120 e. The number of imidazole rings is 1. The van der Waals surface area contributed by atoms with Gasteiger partial charge in [-0.1, -0.05) is 87.2 Å². The van der Waals surface area contributed by atoms with Gasteiger partial charge in [-0.2, -0.15) is 0 Å². The van der Waals surface area contributed by atoms with Crippen LogP contribution in [0.4, 0.5) is 0 Å². The molecule has 0 bridgehead atoms. The minimum atomic E-state index is -2.09. The summed E-state index contributed by atoms with van der Waals surface area (Å²) in [4.78, 5) is 13.6. The van der Waals surface area contributed by atoms with E-state index in [1.807, 2.05) is 60.9 Å². The Kier molecular flexibility index (Phi) is 8.57. The first kappa shape index (κ1) is 29.3. The molecule has 8 aromatic rings. The van der Waals surface area contributed by atoms with Crippen LogP contribution in [0.15, 0.2) is 120 Å². The fourth-order valence-corrected chi connectivity index (χ4v) is 6.06. The third-order valence-corrected chi connectivity index (χ3v) is 8.33. The standard InChI is InChI=1S/C30H26N3O.C12H10N.Ir/c1-18(2)20-10-7-11-21(19(3)4)28(20)33-26-15-16-31-17-25(26)32-30(33)24-13-8-12-23-22-9-5-6-14-27(22)34-29(23)24;1-10-7-8-12(13-9-10)11-5-3-2-4-6-11;/h5-12,14-19H,1-4H3;2-5,7-9H,1H3;/q2*-1;/i;1D3;. The summed E-state index contributed by atoms with van der Waals surface area (Å²) in [5.41, 5.74) is 10.0. The zero-order chi connectivity index (χ0) is 35.0. The summed E-state index contributed by atoms with van der Waals surface area (Å²) in [6.07, 6.45) is 5.06. The van der Waals surface area contributed by atoms with Gasteiger partial charge in [-0.15, -0.1) is 54.1 Å². The first-order valence-electron chi connectivity index (χ1n) is 17.3. The number of benzene rings is 4. The first-order valence-corrected chi connectivity index (χ1v) is 15.8. The van der Waals surface area contributed by atoms with Crippen molar-refractivity contribution in [2.24, 2.45) is 0 Å². The van der Waals surface area contributed by atoms with E-state index in [0.29, 0.717) is 11.8 Å². The molecule has 0 N–H and O–H groups in total. The van der Waals surface area contributed by atoms with E-state index < -0.39 is 6.85 Å². The third-order valence-electron chi connectivity index (χ3n) is 8.33. The molecule has 5 nitrogen and oxygen atoms in total. The molecule has 0 saturated carbocycles. The van der Waals surface area contributed by atoms with E-state index >= 15 is 0 Å². The fraction of sp³-hybridized carbons (Fsp3) is 0.167. The predicted molar refractivity (Wildman–Crippen MR) is 192 cm³/mol. The molecular formula is C42H36IrN4O-2. The Morgan fingerprint density at radius 3 is 2.27 bits per heavy atom. The van der Waals surface area contributed by atoms with Crippen LogP contribution in [-0.4, -0.2) is 19.5 Å². The molecule has 0 amide bonds. The molecule has 0 aliphatic heterocycles. The molecule has 4 aromatic heterocycles. The van der Waals surface area contributed by atoms with Crippen molar-refractivity contribution >= 4 is 33.0 Å². The number of nitrogens with zero attached hydrogens (tertiary/aromatic N) is 4. The molecule has 6 heteroatoms. The Hall–Kier alpha value is -4.90. The van der Waals surface area contributed by atoms with E-state index in [-0.39, 0.29) is 25.7 Å². The molecule has 0 aliphatic rings.